The first-order valence-corrected chi connectivity index (χ1v) is 13.3. The molecule has 0 atom stereocenters. The van der Waals surface area contributed by atoms with Gasteiger partial charge >= 0.3 is 0 Å². The zero-order chi connectivity index (χ0) is 22.2. The molecule has 6 heteroatoms. The van der Waals surface area contributed by atoms with Crippen LogP contribution in [0.5, 0.6) is 5.75 Å². The van der Waals surface area contributed by atoms with Gasteiger partial charge in [0.15, 0.2) is 0 Å². The molecule has 1 N–H and O–H groups in total. The van der Waals surface area contributed by atoms with Crippen LogP contribution in [0, 0.1) is 5.92 Å². The summed E-state index contributed by atoms with van der Waals surface area (Å²) < 4.78 is 34.7. The number of piperidine rings is 1. The van der Waals surface area contributed by atoms with Crippen LogP contribution in [-0.2, 0) is 10.0 Å². The molecule has 2 fully saturated rings. The Morgan fingerprint density at radius 3 is 2.47 bits per heavy atom. The Morgan fingerprint density at radius 1 is 1.06 bits per heavy atom. The highest BCUT2D eigenvalue weighted by atomic mass is 32.2. The predicted molar refractivity (Wildman–Crippen MR) is 127 cm³/mol. The maximum atomic E-state index is 13.3. The van der Waals surface area contributed by atoms with Crippen LogP contribution in [0.25, 0.3) is 5.57 Å². The second-order valence-electron chi connectivity index (χ2n) is 9.30. The monoisotopic (exact) mass is 452 g/mol. The molecule has 1 aliphatic carbocycles. The van der Waals surface area contributed by atoms with Crippen LogP contribution < -0.4 is 10.1 Å². The van der Waals surface area contributed by atoms with Gasteiger partial charge in [0.2, 0.25) is 10.0 Å². The molecule has 1 spiro atoms. The van der Waals surface area contributed by atoms with Crippen molar-refractivity contribution in [1.29, 1.82) is 0 Å². The van der Waals surface area contributed by atoms with Gasteiger partial charge in [-0.05, 0) is 73.7 Å². The number of nitrogens with one attached hydrogen (secondary N) is 1. The average molecular weight is 453 g/mol. The van der Waals surface area contributed by atoms with E-state index in [2.05, 4.69) is 17.5 Å². The molecule has 2 aromatic rings. The van der Waals surface area contributed by atoms with Gasteiger partial charge in [0.05, 0.1) is 4.90 Å². The quantitative estimate of drug-likeness (QED) is 0.675. The third kappa shape index (κ3) is 4.24. The number of rotatable bonds is 7. The Bertz CT molecular complexity index is 1100. The van der Waals surface area contributed by atoms with E-state index in [0.29, 0.717) is 23.9 Å². The molecule has 0 radical (unpaired) electrons. The second kappa shape index (κ2) is 8.65. The average Bonchev–Trinajstić information content (AvgIpc) is 3.63. The number of benzene rings is 2. The summed E-state index contributed by atoms with van der Waals surface area (Å²) in [4.78, 5) is 0.382. The van der Waals surface area contributed by atoms with Crippen LogP contribution in [-0.4, -0.2) is 44.5 Å². The molecule has 0 unspecified atom stereocenters. The molecule has 2 heterocycles. The Labute approximate surface area is 191 Å². The number of hydrogen-bond acceptors (Lipinski definition) is 4. The highest BCUT2D eigenvalue weighted by Gasteiger charge is 2.37. The van der Waals surface area contributed by atoms with Crippen molar-refractivity contribution in [1.82, 2.24) is 9.62 Å². The first-order valence-electron chi connectivity index (χ1n) is 11.8. The van der Waals surface area contributed by atoms with Gasteiger partial charge in [0, 0.05) is 31.5 Å². The molecule has 2 aliphatic heterocycles. The van der Waals surface area contributed by atoms with Crippen molar-refractivity contribution in [3.63, 3.8) is 0 Å². The molecule has 1 saturated carbocycles. The van der Waals surface area contributed by atoms with Gasteiger partial charge in [-0.1, -0.05) is 37.3 Å². The van der Waals surface area contributed by atoms with Gasteiger partial charge in [0.1, 0.15) is 11.4 Å². The molecule has 5 nitrogen and oxygen atoms in total. The van der Waals surface area contributed by atoms with Gasteiger partial charge < -0.3 is 10.1 Å². The van der Waals surface area contributed by atoms with E-state index in [4.69, 9.17) is 4.74 Å². The minimum Gasteiger partial charge on any atom is -0.482 e. The molecule has 1 saturated heterocycles. The van der Waals surface area contributed by atoms with Gasteiger partial charge in [-0.2, -0.15) is 4.31 Å². The van der Waals surface area contributed by atoms with Crippen molar-refractivity contribution in [3.8, 4) is 5.75 Å². The maximum Gasteiger partial charge on any atom is 0.243 e. The summed E-state index contributed by atoms with van der Waals surface area (Å²) in [6, 6.07) is 15.6. The highest BCUT2D eigenvalue weighted by molar-refractivity contribution is 7.89. The van der Waals surface area contributed by atoms with E-state index in [9.17, 15) is 8.42 Å². The van der Waals surface area contributed by atoms with Crippen LogP contribution in [0.4, 0.5) is 0 Å². The molecule has 2 aromatic carbocycles. The largest absolute Gasteiger partial charge is 0.482 e. The summed E-state index contributed by atoms with van der Waals surface area (Å²) in [7, 11) is -3.47. The van der Waals surface area contributed by atoms with Gasteiger partial charge in [-0.25, -0.2) is 8.42 Å². The minimum absolute atomic E-state index is 0.304. The SMILES string of the molecule is CCCN(CC1CC1)S(=O)(=O)c1ccc(C2=CC3(CCNCC3)Oc3ccccc32)cc1. The summed E-state index contributed by atoms with van der Waals surface area (Å²) in [6.07, 6.45) is 7.21. The van der Waals surface area contributed by atoms with Crippen LogP contribution in [0.2, 0.25) is 0 Å². The van der Waals surface area contributed by atoms with E-state index in [1.54, 1.807) is 16.4 Å². The van der Waals surface area contributed by atoms with Crippen LogP contribution in [0.3, 0.4) is 0 Å². The third-order valence-electron chi connectivity index (χ3n) is 6.78. The van der Waals surface area contributed by atoms with Gasteiger partial charge in [-0.15, -0.1) is 0 Å². The summed E-state index contributed by atoms with van der Waals surface area (Å²) in [5.74, 6) is 1.43. The fourth-order valence-electron chi connectivity index (χ4n) is 4.81. The molecule has 0 aromatic heterocycles. The van der Waals surface area contributed by atoms with E-state index in [0.717, 1.165) is 67.6 Å². The lowest BCUT2D eigenvalue weighted by molar-refractivity contribution is 0.0817. The van der Waals surface area contributed by atoms with E-state index in [1.807, 2.05) is 37.3 Å². The van der Waals surface area contributed by atoms with E-state index in [-0.39, 0.29) is 5.60 Å². The summed E-state index contributed by atoms with van der Waals surface area (Å²) in [5.41, 5.74) is 2.92. The Kier molecular flexibility index (Phi) is 5.86. The van der Waals surface area contributed by atoms with E-state index < -0.39 is 10.0 Å². The third-order valence-corrected chi connectivity index (χ3v) is 8.66. The Hall–Kier alpha value is -2.15. The van der Waals surface area contributed by atoms with Gasteiger partial charge in [-0.3, -0.25) is 0 Å². The summed E-state index contributed by atoms with van der Waals surface area (Å²) in [6.45, 7) is 5.11. The van der Waals surface area contributed by atoms with Crippen molar-refractivity contribution in [3.05, 3.63) is 65.7 Å². The minimum atomic E-state index is -3.47. The fraction of sp³-hybridized carbons (Fsp3) is 0.462. The molecule has 0 bridgehead atoms. The van der Waals surface area contributed by atoms with E-state index >= 15 is 0 Å². The lowest BCUT2D eigenvalue weighted by Gasteiger charge is -2.40. The highest BCUT2D eigenvalue weighted by Crippen LogP contribution is 2.42. The number of nitrogens with zero attached hydrogens (tertiary/aromatic N) is 1. The maximum absolute atomic E-state index is 13.3. The first-order chi connectivity index (χ1) is 15.5. The van der Waals surface area contributed by atoms with Crippen molar-refractivity contribution >= 4 is 15.6 Å². The smallest absolute Gasteiger partial charge is 0.243 e. The summed E-state index contributed by atoms with van der Waals surface area (Å²) >= 11 is 0. The van der Waals surface area contributed by atoms with Gasteiger partial charge in [0.25, 0.3) is 0 Å². The lowest BCUT2D eigenvalue weighted by atomic mass is 9.83. The number of hydrogen-bond donors (Lipinski definition) is 1. The molecular formula is C26H32N2O3S. The number of fused-ring (bicyclic) bond motifs is 1. The second-order valence-corrected chi connectivity index (χ2v) is 11.2. The Balaban J connectivity index is 1.48. The number of sulfonamides is 1. The molecule has 32 heavy (non-hydrogen) atoms. The zero-order valence-corrected chi connectivity index (χ0v) is 19.5. The molecule has 5 rings (SSSR count). The molecule has 3 aliphatic rings. The normalized spacial score (nSPS) is 20.0. The van der Waals surface area contributed by atoms with E-state index in [1.165, 1.54) is 0 Å². The first kappa shape index (κ1) is 21.7. The van der Waals surface area contributed by atoms with Crippen LogP contribution >= 0.6 is 0 Å². The number of ether oxygens (including phenoxy) is 1. The van der Waals surface area contributed by atoms with Crippen LogP contribution in [0.15, 0.2) is 59.5 Å². The van der Waals surface area contributed by atoms with Crippen molar-refractivity contribution < 1.29 is 13.2 Å². The predicted octanol–water partition coefficient (Wildman–Crippen LogP) is 4.44. The fourth-order valence-corrected chi connectivity index (χ4v) is 6.41. The van der Waals surface area contributed by atoms with Crippen molar-refractivity contribution in [2.75, 3.05) is 26.2 Å². The summed E-state index contributed by atoms with van der Waals surface area (Å²) in [5, 5.41) is 3.42. The lowest BCUT2D eigenvalue weighted by Crippen LogP contribution is -2.46. The van der Waals surface area contributed by atoms with Crippen molar-refractivity contribution in [2.24, 2.45) is 5.92 Å². The molecular weight excluding hydrogens is 420 g/mol. The Morgan fingerprint density at radius 2 is 1.78 bits per heavy atom. The number of para-hydroxylation sites is 1. The molecule has 170 valence electrons. The molecule has 0 amide bonds. The standard InChI is InChI=1S/C26H32N2O3S/c1-2-17-28(19-20-7-8-20)32(29,30)22-11-9-21(10-12-22)24-18-26(13-15-27-16-14-26)31-25-6-4-3-5-23(24)25/h3-6,9-12,18,20,27H,2,7-8,13-17,19H2,1H3. The van der Waals surface area contributed by atoms with Crippen LogP contribution in [0.1, 0.15) is 50.2 Å². The van der Waals surface area contributed by atoms with Crippen molar-refractivity contribution in [2.45, 2.75) is 49.5 Å². The zero-order valence-electron chi connectivity index (χ0n) is 18.7. The topological polar surface area (TPSA) is 58.6 Å².